The molecule has 0 saturated carbocycles. The Hall–Kier alpha value is -1.58. The molecular formula is C16H24N2O2. The lowest BCUT2D eigenvalue weighted by Crippen LogP contribution is -2.23. The van der Waals surface area contributed by atoms with Gasteiger partial charge in [-0.2, -0.15) is 0 Å². The van der Waals surface area contributed by atoms with Crippen LogP contribution in [0.1, 0.15) is 56.1 Å². The summed E-state index contributed by atoms with van der Waals surface area (Å²) in [5.41, 5.74) is 1.19. The topological polar surface area (TPSA) is 53.4 Å². The number of nitrogens with zero attached hydrogens (tertiary/aromatic N) is 2. The summed E-state index contributed by atoms with van der Waals surface area (Å²) in [4.78, 5) is 18.1. The van der Waals surface area contributed by atoms with Crippen molar-refractivity contribution in [1.29, 1.82) is 0 Å². The highest BCUT2D eigenvalue weighted by Gasteiger charge is 2.26. The van der Waals surface area contributed by atoms with Gasteiger partial charge < -0.3 is 10.0 Å². The minimum Gasteiger partial charge on any atom is -0.478 e. The summed E-state index contributed by atoms with van der Waals surface area (Å²) in [5, 5.41) is 9.25. The fourth-order valence-electron chi connectivity index (χ4n) is 2.66. The lowest BCUT2D eigenvalue weighted by molar-refractivity contribution is 0.0696. The average molecular weight is 276 g/mol. The molecule has 1 fully saturated rings. The van der Waals surface area contributed by atoms with Crippen LogP contribution in [0.3, 0.4) is 0 Å². The largest absolute Gasteiger partial charge is 0.478 e. The predicted octanol–water partition coefficient (Wildman–Crippen LogP) is 3.39. The van der Waals surface area contributed by atoms with Gasteiger partial charge in [-0.3, -0.25) is 0 Å². The second-order valence-electron chi connectivity index (χ2n) is 6.34. The van der Waals surface area contributed by atoms with E-state index >= 15 is 0 Å². The number of anilines is 1. The first-order valence-electron chi connectivity index (χ1n) is 7.38. The summed E-state index contributed by atoms with van der Waals surface area (Å²) >= 11 is 0. The van der Waals surface area contributed by atoms with Gasteiger partial charge in [0.15, 0.2) is 0 Å². The molecule has 1 N–H and O–H groups in total. The summed E-state index contributed by atoms with van der Waals surface area (Å²) in [6.45, 7) is 10.5. The summed E-state index contributed by atoms with van der Waals surface area (Å²) in [7, 11) is 0. The first kappa shape index (κ1) is 14.8. The second kappa shape index (κ2) is 5.81. The van der Waals surface area contributed by atoms with E-state index in [0.717, 1.165) is 31.0 Å². The molecule has 0 spiro atoms. The SMILES string of the molecule is CC(C)c1cc(C(=O)O)cc(N2CCC(C(C)C)C2)n1. The van der Waals surface area contributed by atoms with Gasteiger partial charge in [0.2, 0.25) is 0 Å². The van der Waals surface area contributed by atoms with Crippen molar-refractivity contribution in [3.05, 3.63) is 23.4 Å². The molecule has 0 aromatic carbocycles. The van der Waals surface area contributed by atoms with Crippen molar-refractivity contribution in [3.63, 3.8) is 0 Å². The van der Waals surface area contributed by atoms with E-state index in [1.165, 1.54) is 0 Å². The van der Waals surface area contributed by atoms with Crippen LogP contribution in [-0.2, 0) is 0 Å². The Bertz CT molecular complexity index is 497. The summed E-state index contributed by atoms with van der Waals surface area (Å²) < 4.78 is 0. The van der Waals surface area contributed by atoms with E-state index in [9.17, 15) is 9.90 Å². The Morgan fingerprint density at radius 2 is 2.05 bits per heavy atom. The Labute approximate surface area is 120 Å². The Morgan fingerprint density at radius 1 is 1.35 bits per heavy atom. The molecule has 0 radical (unpaired) electrons. The number of aromatic nitrogens is 1. The lowest BCUT2D eigenvalue weighted by Gasteiger charge is -2.21. The van der Waals surface area contributed by atoms with Gasteiger partial charge in [0.1, 0.15) is 5.82 Å². The molecular weight excluding hydrogens is 252 g/mol. The van der Waals surface area contributed by atoms with E-state index in [4.69, 9.17) is 0 Å². The molecule has 1 aromatic heterocycles. The van der Waals surface area contributed by atoms with E-state index in [2.05, 4.69) is 23.7 Å². The highest BCUT2D eigenvalue weighted by Crippen LogP contribution is 2.29. The smallest absolute Gasteiger partial charge is 0.335 e. The van der Waals surface area contributed by atoms with Gasteiger partial charge >= 0.3 is 5.97 Å². The third kappa shape index (κ3) is 3.11. The third-order valence-electron chi connectivity index (χ3n) is 4.16. The summed E-state index contributed by atoms with van der Waals surface area (Å²) in [6, 6.07) is 3.39. The Balaban J connectivity index is 2.29. The van der Waals surface area contributed by atoms with Crippen molar-refractivity contribution in [3.8, 4) is 0 Å². The number of carboxylic acids is 1. The summed E-state index contributed by atoms with van der Waals surface area (Å²) in [6.07, 6.45) is 1.16. The van der Waals surface area contributed by atoms with Gasteiger partial charge in [-0.15, -0.1) is 0 Å². The number of pyridine rings is 1. The molecule has 1 saturated heterocycles. The predicted molar refractivity (Wildman–Crippen MR) is 80.4 cm³/mol. The van der Waals surface area contributed by atoms with Crippen molar-refractivity contribution in [2.75, 3.05) is 18.0 Å². The second-order valence-corrected chi connectivity index (χ2v) is 6.34. The molecule has 110 valence electrons. The molecule has 1 aliphatic heterocycles. The molecule has 4 nitrogen and oxygen atoms in total. The number of carbonyl (C=O) groups is 1. The van der Waals surface area contributed by atoms with Crippen LogP contribution in [0.4, 0.5) is 5.82 Å². The molecule has 1 aromatic rings. The average Bonchev–Trinajstić information content (AvgIpc) is 2.87. The van der Waals surface area contributed by atoms with Crippen molar-refractivity contribution < 1.29 is 9.90 Å². The maximum absolute atomic E-state index is 11.3. The molecule has 1 atom stereocenters. The van der Waals surface area contributed by atoms with Crippen molar-refractivity contribution >= 4 is 11.8 Å². The molecule has 2 heterocycles. The third-order valence-corrected chi connectivity index (χ3v) is 4.16. The van der Waals surface area contributed by atoms with Gasteiger partial charge in [0.25, 0.3) is 0 Å². The summed E-state index contributed by atoms with van der Waals surface area (Å²) in [5.74, 6) is 1.50. The molecule has 0 aliphatic carbocycles. The molecule has 1 unspecified atom stereocenters. The molecule has 4 heteroatoms. The van der Waals surface area contributed by atoms with Gasteiger partial charge in [-0.25, -0.2) is 9.78 Å². The highest BCUT2D eigenvalue weighted by molar-refractivity contribution is 5.88. The molecule has 0 amide bonds. The number of hydrogen-bond acceptors (Lipinski definition) is 3. The van der Waals surface area contributed by atoms with E-state index in [1.54, 1.807) is 12.1 Å². The van der Waals surface area contributed by atoms with Crippen LogP contribution in [0.15, 0.2) is 12.1 Å². The van der Waals surface area contributed by atoms with Crippen LogP contribution in [0.25, 0.3) is 0 Å². The normalized spacial score (nSPS) is 19.1. The van der Waals surface area contributed by atoms with Crippen LogP contribution in [0.5, 0.6) is 0 Å². The minimum atomic E-state index is -0.879. The highest BCUT2D eigenvalue weighted by atomic mass is 16.4. The molecule has 20 heavy (non-hydrogen) atoms. The zero-order valence-electron chi connectivity index (χ0n) is 12.8. The van der Waals surface area contributed by atoms with Crippen LogP contribution < -0.4 is 4.90 Å². The van der Waals surface area contributed by atoms with Crippen molar-refractivity contribution in [2.45, 2.75) is 40.0 Å². The van der Waals surface area contributed by atoms with Crippen LogP contribution in [0.2, 0.25) is 0 Å². The first-order valence-corrected chi connectivity index (χ1v) is 7.38. The van der Waals surface area contributed by atoms with E-state index in [-0.39, 0.29) is 5.92 Å². The number of carboxylic acid groups (broad SMARTS) is 1. The fourth-order valence-corrected chi connectivity index (χ4v) is 2.66. The maximum Gasteiger partial charge on any atom is 0.335 e. The Morgan fingerprint density at radius 3 is 2.55 bits per heavy atom. The van der Waals surface area contributed by atoms with Crippen molar-refractivity contribution in [2.24, 2.45) is 11.8 Å². The molecule has 1 aliphatic rings. The van der Waals surface area contributed by atoms with Gasteiger partial charge in [0, 0.05) is 18.8 Å². The minimum absolute atomic E-state index is 0.233. The number of hydrogen-bond donors (Lipinski definition) is 1. The van der Waals surface area contributed by atoms with Gasteiger partial charge in [0.05, 0.1) is 5.56 Å². The van der Waals surface area contributed by atoms with E-state index in [0.29, 0.717) is 17.4 Å². The van der Waals surface area contributed by atoms with Crippen molar-refractivity contribution in [1.82, 2.24) is 4.98 Å². The van der Waals surface area contributed by atoms with Gasteiger partial charge in [-0.1, -0.05) is 27.7 Å². The molecule has 2 rings (SSSR count). The standard InChI is InChI=1S/C16H24N2O2/c1-10(2)12-5-6-18(9-12)15-8-13(16(19)20)7-14(17-15)11(3)4/h7-8,10-12H,5-6,9H2,1-4H3,(H,19,20). The van der Waals surface area contributed by atoms with Crippen LogP contribution >= 0.6 is 0 Å². The van der Waals surface area contributed by atoms with E-state index in [1.807, 2.05) is 13.8 Å². The quantitative estimate of drug-likeness (QED) is 0.916. The van der Waals surface area contributed by atoms with E-state index < -0.39 is 5.97 Å². The number of aromatic carboxylic acids is 1. The van der Waals surface area contributed by atoms with Crippen LogP contribution in [0, 0.1) is 11.8 Å². The number of rotatable bonds is 4. The van der Waals surface area contributed by atoms with Crippen LogP contribution in [-0.4, -0.2) is 29.1 Å². The maximum atomic E-state index is 11.3. The fraction of sp³-hybridized carbons (Fsp3) is 0.625. The zero-order chi connectivity index (χ0) is 14.9. The van der Waals surface area contributed by atoms with Gasteiger partial charge in [-0.05, 0) is 36.3 Å². The molecule has 0 bridgehead atoms. The monoisotopic (exact) mass is 276 g/mol. The lowest BCUT2D eigenvalue weighted by atomic mass is 9.95. The first-order chi connectivity index (χ1) is 9.38. The zero-order valence-corrected chi connectivity index (χ0v) is 12.8. The Kier molecular flexibility index (Phi) is 4.31.